The SMILES string of the molecule is CCCCC[C@H]1CC[C@H](c2ccc(OC(=O)c3ccccc3)c(F)c2F)CC1.CCOc1ccc(-c2ccccc2)c(F)c1F. The summed E-state index contributed by atoms with van der Waals surface area (Å²) in [6, 6.07) is 23.1. The Morgan fingerprint density at radius 3 is 1.96 bits per heavy atom. The van der Waals surface area contributed by atoms with Crippen LogP contribution in [0.2, 0.25) is 0 Å². The molecule has 1 saturated carbocycles. The Morgan fingerprint density at radius 1 is 0.689 bits per heavy atom. The summed E-state index contributed by atoms with van der Waals surface area (Å²) in [7, 11) is 0. The topological polar surface area (TPSA) is 35.5 Å². The van der Waals surface area contributed by atoms with Gasteiger partial charge in [0.05, 0.1) is 12.2 Å². The van der Waals surface area contributed by atoms with E-state index >= 15 is 0 Å². The fraction of sp³-hybridized carbons (Fsp3) is 0.342. The molecule has 0 bridgehead atoms. The van der Waals surface area contributed by atoms with Gasteiger partial charge in [-0.3, -0.25) is 0 Å². The lowest BCUT2D eigenvalue weighted by atomic mass is 9.77. The van der Waals surface area contributed by atoms with Crippen molar-refractivity contribution in [3.63, 3.8) is 0 Å². The van der Waals surface area contributed by atoms with Crippen molar-refractivity contribution in [3.05, 3.63) is 119 Å². The van der Waals surface area contributed by atoms with Crippen LogP contribution in [0, 0.1) is 29.2 Å². The third kappa shape index (κ3) is 8.96. The average molecular weight is 621 g/mol. The fourth-order valence-electron chi connectivity index (χ4n) is 5.76. The van der Waals surface area contributed by atoms with Crippen molar-refractivity contribution >= 4 is 5.97 Å². The van der Waals surface area contributed by atoms with Gasteiger partial charge in [-0.1, -0.05) is 87.2 Å². The number of benzene rings is 4. The number of esters is 1. The monoisotopic (exact) mass is 620 g/mol. The van der Waals surface area contributed by atoms with Crippen LogP contribution < -0.4 is 9.47 Å². The molecule has 3 nitrogen and oxygen atoms in total. The van der Waals surface area contributed by atoms with E-state index in [4.69, 9.17) is 9.47 Å². The number of hydrogen-bond donors (Lipinski definition) is 0. The van der Waals surface area contributed by atoms with Crippen molar-refractivity contribution in [1.29, 1.82) is 0 Å². The number of rotatable bonds is 10. The number of carbonyl (C=O) groups is 1. The molecule has 0 aliphatic heterocycles. The summed E-state index contributed by atoms with van der Waals surface area (Å²) in [4.78, 5) is 12.1. The molecule has 4 aromatic rings. The zero-order chi connectivity index (χ0) is 32.2. The Hall–Kier alpha value is -4.13. The van der Waals surface area contributed by atoms with E-state index in [9.17, 15) is 22.4 Å². The zero-order valence-corrected chi connectivity index (χ0v) is 25.8. The van der Waals surface area contributed by atoms with Crippen LogP contribution in [-0.2, 0) is 0 Å². The predicted octanol–water partition coefficient (Wildman–Crippen LogP) is 11.1. The third-order valence-electron chi connectivity index (χ3n) is 8.22. The smallest absolute Gasteiger partial charge is 0.343 e. The first-order valence-electron chi connectivity index (χ1n) is 15.7. The van der Waals surface area contributed by atoms with Gasteiger partial charge in [0.2, 0.25) is 11.6 Å². The van der Waals surface area contributed by atoms with Crippen LogP contribution in [-0.4, -0.2) is 12.6 Å². The molecule has 1 aliphatic rings. The number of ether oxygens (including phenoxy) is 2. The summed E-state index contributed by atoms with van der Waals surface area (Å²) in [5.41, 5.74) is 1.59. The van der Waals surface area contributed by atoms with Gasteiger partial charge in [0, 0.05) is 5.56 Å². The lowest BCUT2D eigenvalue weighted by Gasteiger charge is -2.29. The number of carbonyl (C=O) groups excluding carboxylic acids is 1. The van der Waals surface area contributed by atoms with Gasteiger partial charge in [0.1, 0.15) is 0 Å². The standard InChI is InChI=1S/C24H28F2O2.C14H12F2O/c1-2-3-5-8-17-11-13-18(14-12-17)20-15-16-21(23(26)22(20)25)28-24(27)19-9-6-4-7-10-19;1-2-17-12-9-8-11(13(15)14(12)16)10-6-4-3-5-7-10/h4,6-7,9-10,15-18H,2-3,5,8,11-14H2,1H3;3-9H,2H2,1H3/t17-,18-;. The molecule has 0 atom stereocenters. The summed E-state index contributed by atoms with van der Waals surface area (Å²) in [5, 5.41) is 0. The highest BCUT2D eigenvalue weighted by Gasteiger charge is 2.27. The minimum absolute atomic E-state index is 0.0378. The van der Waals surface area contributed by atoms with Gasteiger partial charge in [-0.15, -0.1) is 0 Å². The second kappa shape index (κ2) is 16.8. The highest BCUT2D eigenvalue weighted by molar-refractivity contribution is 5.91. The van der Waals surface area contributed by atoms with Gasteiger partial charge < -0.3 is 9.47 Å². The Labute approximate surface area is 263 Å². The van der Waals surface area contributed by atoms with Crippen molar-refractivity contribution in [2.24, 2.45) is 5.92 Å². The molecule has 0 amide bonds. The molecule has 1 fully saturated rings. The molecular formula is C38H40F4O3. The van der Waals surface area contributed by atoms with Crippen molar-refractivity contribution in [2.45, 2.75) is 71.1 Å². The van der Waals surface area contributed by atoms with Gasteiger partial charge in [0.15, 0.2) is 23.1 Å². The highest BCUT2D eigenvalue weighted by Crippen LogP contribution is 2.40. The van der Waals surface area contributed by atoms with Crippen molar-refractivity contribution in [2.75, 3.05) is 6.61 Å². The van der Waals surface area contributed by atoms with E-state index in [2.05, 4.69) is 6.92 Å². The molecule has 0 unspecified atom stereocenters. The van der Waals surface area contributed by atoms with Crippen LogP contribution in [0.3, 0.4) is 0 Å². The van der Waals surface area contributed by atoms with Crippen LogP contribution in [0.5, 0.6) is 11.5 Å². The summed E-state index contributed by atoms with van der Waals surface area (Å²) >= 11 is 0. The maximum Gasteiger partial charge on any atom is 0.343 e. The van der Waals surface area contributed by atoms with Crippen LogP contribution >= 0.6 is 0 Å². The van der Waals surface area contributed by atoms with Crippen molar-refractivity contribution < 1.29 is 31.8 Å². The molecule has 7 heteroatoms. The molecule has 45 heavy (non-hydrogen) atoms. The molecule has 5 rings (SSSR count). The fourth-order valence-corrected chi connectivity index (χ4v) is 5.76. The van der Waals surface area contributed by atoms with Gasteiger partial charge in [-0.05, 0) is 85.9 Å². The quantitative estimate of drug-likeness (QED) is 0.0766. The molecule has 0 N–H and O–H groups in total. The molecule has 0 heterocycles. The maximum absolute atomic E-state index is 14.7. The van der Waals surface area contributed by atoms with E-state index in [1.165, 1.54) is 43.9 Å². The minimum atomic E-state index is -1.08. The van der Waals surface area contributed by atoms with E-state index in [1.807, 2.05) is 6.07 Å². The number of unbranched alkanes of at least 4 members (excludes halogenated alkanes) is 2. The van der Waals surface area contributed by atoms with Crippen LogP contribution in [0.25, 0.3) is 11.1 Å². The average Bonchev–Trinajstić information content (AvgIpc) is 3.07. The van der Waals surface area contributed by atoms with E-state index in [0.29, 0.717) is 29.2 Å². The van der Waals surface area contributed by atoms with Crippen LogP contribution in [0.15, 0.2) is 84.9 Å². The number of hydrogen-bond acceptors (Lipinski definition) is 3. The largest absolute Gasteiger partial charge is 0.491 e. The lowest BCUT2D eigenvalue weighted by Crippen LogP contribution is -2.16. The Bertz CT molecular complexity index is 1520. The van der Waals surface area contributed by atoms with E-state index in [-0.39, 0.29) is 23.0 Å². The van der Waals surface area contributed by atoms with E-state index < -0.39 is 29.2 Å². The summed E-state index contributed by atoms with van der Waals surface area (Å²) in [5.74, 6) is -4.13. The second-order valence-electron chi connectivity index (χ2n) is 11.3. The Balaban J connectivity index is 0.000000231. The molecule has 0 saturated heterocycles. The molecule has 0 radical (unpaired) electrons. The zero-order valence-electron chi connectivity index (χ0n) is 25.8. The van der Waals surface area contributed by atoms with Crippen molar-refractivity contribution in [3.8, 4) is 22.6 Å². The highest BCUT2D eigenvalue weighted by atomic mass is 19.2. The molecule has 238 valence electrons. The minimum Gasteiger partial charge on any atom is -0.491 e. The van der Waals surface area contributed by atoms with Crippen LogP contribution in [0.4, 0.5) is 17.6 Å². The van der Waals surface area contributed by atoms with Gasteiger partial charge >= 0.3 is 5.97 Å². The normalized spacial score (nSPS) is 16.0. The molecular weight excluding hydrogens is 580 g/mol. The molecule has 4 aromatic carbocycles. The molecule has 1 aliphatic carbocycles. The number of halogens is 4. The first kappa shape index (κ1) is 33.8. The van der Waals surface area contributed by atoms with Crippen molar-refractivity contribution in [1.82, 2.24) is 0 Å². The summed E-state index contributed by atoms with van der Waals surface area (Å²) in [6.45, 7) is 4.23. The maximum atomic E-state index is 14.7. The lowest BCUT2D eigenvalue weighted by molar-refractivity contribution is 0.0726. The van der Waals surface area contributed by atoms with E-state index in [0.717, 1.165) is 25.7 Å². The first-order valence-corrected chi connectivity index (χ1v) is 15.7. The second-order valence-corrected chi connectivity index (χ2v) is 11.3. The first-order chi connectivity index (χ1) is 21.8. The molecule has 0 aromatic heterocycles. The summed E-state index contributed by atoms with van der Waals surface area (Å²) in [6.07, 6.45) is 8.90. The van der Waals surface area contributed by atoms with E-state index in [1.54, 1.807) is 67.6 Å². The van der Waals surface area contributed by atoms with Gasteiger partial charge in [-0.2, -0.15) is 8.78 Å². The Kier molecular flexibility index (Phi) is 12.6. The van der Waals surface area contributed by atoms with Gasteiger partial charge in [0.25, 0.3) is 0 Å². The van der Waals surface area contributed by atoms with Gasteiger partial charge in [-0.25, -0.2) is 13.6 Å². The predicted molar refractivity (Wildman–Crippen MR) is 170 cm³/mol. The molecule has 0 spiro atoms. The third-order valence-corrected chi connectivity index (χ3v) is 8.22. The Morgan fingerprint density at radius 2 is 1.31 bits per heavy atom. The van der Waals surface area contributed by atoms with Crippen LogP contribution in [0.1, 0.15) is 87.1 Å². The summed E-state index contributed by atoms with van der Waals surface area (Å²) < 4.78 is 66.7.